The second kappa shape index (κ2) is 6.51. The molecule has 2 unspecified atom stereocenters. The fraction of sp³-hybridized carbons (Fsp3) is 0.158. The molecule has 3 heterocycles. The molecule has 0 bridgehead atoms. The number of hydrogen-bond acceptors (Lipinski definition) is 6. The van der Waals surface area contributed by atoms with Crippen molar-refractivity contribution in [2.24, 2.45) is 4.99 Å². The molecule has 7 heteroatoms. The quantitative estimate of drug-likeness (QED) is 0.855. The van der Waals surface area contributed by atoms with Crippen molar-refractivity contribution in [2.75, 3.05) is 5.32 Å². The Bertz CT molecular complexity index is 935. The molecule has 1 aromatic carbocycles. The fourth-order valence-electron chi connectivity index (χ4n) is 3.10. The van der Waals surface area contributed by atoms with E-state index < -0.39 is 0 Å². The molecule has 0 aliphatic carbocycles. The summed E-state index contributed by atoms with van der Waals surface area (Å²) in [6.45, 7) is 1.93. The van der Waals surface area contributed by atoms with Crippen molar-refractivity contribution >= 4 is 23.8 Å². The van der Waals surface area contributed by atoms with Crippen molar-refractivity contribution < 1.29 is 9.18 Å². The molecule has 0 amide bonds. The highest BCUT2D eigenvalue weighted by Gasteiger charge is 2.37. The molecule has 130 valence electrons. The zero-order valence-corrected chi connectivity index (χ0v) is 14.0. The largest absolute Gasteiger partial charge is 0.324 e. The summed E-state index contributed by atoms with van der Waals surface area (Å²) in [6.07, 6.45) is 7.33. The number of aldehydes is 1. The number of carbonyl (C=O) groups excluding carboxylic acids is 1. The van der Waals surface area contributed by atoms with Crippen LogP contribution in [0, 0.1) is 0 Å². The van der Waals surface area contributed by atoms with Crippen molar-refractivity contribution in [3.8, 4) is 0 Å². The second-order valence-corrected chi connectivity index (χ2v) is 6.07. The first-order valence-electron chi connectivity index (χ1n) is 8.21. The van der Waals surface area contributed by atoms with Gasteiger partial charge in [-0.3, -0.25) is 9.79 Å². The first kappa shape index (κ1) is 16.1. The Kier molecular flexibility index (Phi) is 4.04. The summed E-state index contributed by atoms with van der Waals surface area (Å²) in [7, 11) is 0. The van der Waals surface area contributed by atoms with Crippen LogP contribution in [0.3, 0.4) is 0 Å². The van der Waals surface area contributed by atoms with Gasteiger partial charge in [-0.25, -0.2) is 14.4 Å². The van der Waals surface area contributed by atoms with Crippen molar-refractivity contribution in [2.45, 2.75) is 19.0 Å². The zero-order chi connectivity index (χ0) is 18.1. The molecule has 1 N–H and O–H groups in total. The molecule has 1 aromatic heterocycles. The minimum atomic E-state index is -0.343. The Hall–Kier alpha value is -3.35. The standard InChI is InChI=1S/C19H16FN5O/c1-12-17(25-10-2-3-15(20)18(25)22-12)16-8-9-21-19(24-16)23-14-6-4-13(11-26)5-7-14/h2-12,17H,1H3,(H,21,23,24). The van der Waals surface area contributed by atoms with Gasteiger partial charge in [0.25, 0.3) is 0 Å². The van der Waals surface area contributed by atoms with Crippen molar-refractivity contribution in [1.29, 1.82) is 0 Å². The van der Waals surface area contributed by atoms with E-state index in [2.05, 4.69) is 20.3 Å². The number of aliphatic imine (C=N–C) groups is 1. The second-order valence-electron chi connectivity index (χ2n) is 6.07. The maximum Gasteiger partial charge on any atom is 0.227 e. The molecule has 0 saturated heterocycles. The van der Waals surface area contributed by atoms with Crippen LogP contribution in [0.15, 0.2) is 65.7 Å². The summed E-state index contributed by atoms with van der Waals surface area (Å²) in [5.74, 6) is 0.422. The van der Waals surface area contributed by atoms with Gasteiger partial charge >= 0.3 is 0 Å². The summed E-state index contributed by atoms with van der Waals surface area (Å²) in [4.78, 5) is 25.8. The topological polar surface area (TPSA) is 70.5 Å². The Balaban J connectivity index is 1.59. The average Bonchev–Trinajstić information content (AvgIpc) is 3.00. The summed E-state index contributed by atoms with van der Waals surface area (Å²) in [6, 6.07) is 8.48. The van der Waals surface area contributed by atoms with Crippen LogP contribution in [-0.2, 0) is 0 Å². The summed E-state index contributed by atoms with van der Waals surface area (Å²) >= 11 is 0. The predicted molar refractivity (Wildman–Crippen MR) is 97.0 cm³/mol. The van der Waals surface area contributed by atoms with Crippen LogP contribution in [0.1, 0.15) is 29.0 Å². The minimum absolute atomic E-state index is 0.137. The number of carbonyl (C=O) groups is 1. The third kappa shape index (κ3) is 2.88. The van der Waals surface area contributed by atoms with Gasteiger partial charge in [-0.1, -0.05) is 0 Å². The van der Waals surface area contributed by atoms with E-state index in [1.807, 2.05) is 19.2 Å². The van der Waals surface area contributed by atoms with E-state index in [9.17, 15) is 9.18 Å². The van der Waals surface area contributed by atoms with E-state index in [-0.39, 0.29) is 17.9 Å². The lowest BCUT2D eigenvalue weighted by Gasteiger charge is -2.26. The Morgan fingerprint density at radius 2 is 2.04 bits per heavy atom. The number of benzene rings is 1. The smallest absolute Gasteiger partial charge is 0.227 e. The molecule has 0 fully saturated rings. The van der Waals surface area contributed by atoms with Crippen molar-refractivity contribution in [3.63, 3.8) is 0 Å². The zero-order valence-electron chi connectivity index (χ0n) is 14.0. The molecule has 2 atom stereocenters. The van der Waals surface area contributed by atoms with Gasteiger partial charge in [0, 0.05) is 23.6 Å². The molecule has 0 spiro atoms. The number of nitrogens with zero attached hydrogens (tertiary/aromatic N) is 4. The predicted octanol–water partition coefficient (Wildman–Crippen LogP) is 3.56. The molecule has 4 rings (SSSR count). The van der Waals surface area contributed by atoms with Crippen LogP contribution in [-0.4, -0.2) is 33.0 Å². The van der Waals surface area contributed by atoms with Gasteiger partial charge in [-0.05, 0) is 49.4 Å². The SMILES string of the molecule is CC1N=C2C(F)=CC=CN2C1c1ccnc(Nc2ccc(C=O)cc2)n1. The lowest BCUT2D eigenvalue weighted by Crippen LogP contribution is -2.30. The maximum absolute atomic E-state index is 14.0. The van der Waals surface area contributed by atoms with E-state index >= 15 is 0 Å². The van der Waals surface area contributed by atoms with Gasteiger partial charge in [0.1, 0.15) is 6.29 Å². The minimum Gasteiger partial charge on any atom is -0.324 e. The highest BCUT2D eigenvalue weighted by molar-refractivity contribution is 5.99. The average molecular weight is 349 g/mol. The number of nitrogens with one attached hydrogen (secondary N) is 1. The number of anilines is 2. The monoisotopic (exact) mass is 349 g/mol. The molecular formula is C19H16FN5O. The van der Waals surface area contributed by atoms with E-state index in [0.717, 1.165) is 17.7 Å². The van der Waals surface area contributed by atoms with Gasteiger partial charge in [0.05, 0.1) is 17.8 Å². The van der Waals surface area contributed by atoms with Crippen molar-refractivity contribution in [3.05, 3.63) is 72.0 Å². The number of aromatic nitrogens is 2. The summed E-state index contributed by atoms with van der Waals surface area (Å²) in [5.41, 5.74) is 2.12. The van der Waals surface area contributed by atoms with Gasteiger partial charge in [-0.15, -0.1) is 0 Å². The van der Waals surface area contributed by atoms with Gasteiger partial charge < -0.3 is 10.2 Å². The van der Waals surface area contributed by atoms with Crippen LogP contribution in [0.4, 0.5) is 16.0 Å². The van der Waals surface area contributed by atoms with Crippen molar-refractivity contribution in [1.82, 2.24) is 14.9 Å². The summed E-state index contributed by atoms with van der Waals surface area (Å²) in [5, 5.41) is 3.12. The third-order valence-electron chi connectivity index (χ3n) is 4.31. The van der Waals surface area contributed by atoms with Crippen LogP contribution < -0.4 is 5.32 Å². The third-order valence-corrected chi connectivity index (χ3v) is 4.31. The number of hydrogen-bond donors (Lipinski definition) is 1. The number of halogens is 1. The molecule has 2 aliphatic heterocycles. The lowest BCUT2D eigenvalue weighted by molar-refractivity contribution is 0.112. The van der Waals surface area contributed by atoms with E-state index in [1.165, 1.54) is 6.08 Å². The maximum atomic E-state index is 14.0. The highest BCUT2D eigenvalue weighted by Crippen LogP contribution is 2.35. The lowest BCUT2D eigenvalue weighted by atomic mass is 10.1. The Labute approximate surface area is 149 Å². The number of rotatable bonds is 4. The first-order chi connectivity index (χ1) is 12.7. The van der Waals surface area contributed by atoms with Crippen LogP contribution >= 0.6 is 0 Å². The van der Waals surface area contributed by atoms with Gasteiger partial charge in [0.15, 0.2) is 11.7 Å². The number of amidine groups is 1. The summed E-state index contributed by atoms with van der Waals surface area (Å²) < 4.78 is 14.0. The normalized spacial score (nSPS) is 21.1. The van der Waals surface area contributed by atoms with Crippen LogP contribution in [0.25, 0.3) is 0 Å². The van der Waals surface area contributed by atoms with E-state index in [4.69, 9.17) is 0 Å². The molecule has 26 heavy (non-hydrogen) atoms. The van der Waals surface area contributed by atoms with E-state index in [0.29, 0.717) is 17.3 Å². The van der Waals surface area contributed by atoms with Crippen LogP contribution in [0.2, 0.25) is 0 Å². The Morgan fingerprint density at radius 3 is 2.81 bits per heavy atom. The van der Waals surface area contributed by atoms with E-state index in [1.54, 1.807) is 41.4 Å². The fourth-order valence-corrected chi connectivity index (χ4v) is 3.10. The first-order valence-corrected chi connectivity index (χ1v) is 8.21. The van der Waals surface area contributed by atoms with Gasteiger partial charge in [-0.2, -0.15) is 0 Å². The number of allylic oxidation sites excluding steroid dienone is 2. The molecular weight excluding hydrogens is 333 g/mol. The van der Waals surface area contributed by atoms with Gasteiger partial charge in [0.2, 0.25) is 5.95 Å². The molecule has 6 nitrogen and oxygen atoms in total. The van der Waals surface area contributed by atoms with Crippen LogP contribution in [0.5, 0.6) is 0 Å². The Morgan fingerprint density at radius 1 is 1.23 bits per heavy atom. The molecule has 0 saturated carbocycles. The highest BCUT2D eigenvalue weighted by atomic mass is 19.1. The number of fused-ring (bicyclic) bond motifs is 1. The molecule has 2 aromatic rings. The molecule has 0 radical (unpaired) electrons. The molecule has 2 aliphatic rings.